The smallest absolute Gasteiger partial charge is 0.0438 e. The van der Waals surface area contributed by atoms with E-state index in [2.05, 4.69) is 48.8 Å². The molecule has 1 nitrogen and oxygen atoms in total. The third kappa shape index (κ3) is 2.61. The molecule has 2 aromatic rings. The van der Waals surface area contributed by atoms with E-state index < -0.39 is 0 Å². The van der Waals surface area contributed by atoms with Gasteiger partial charge in [0.2, 0.25) is 0 Å². The maximum Gasteiger partial charge on any atom is 0.0438 e. The second-order valence-electron chi connectivity index (χ2n) is 5.56. The van der Waals surface area contributed by atoms with Gasteiger partial charge in [0.25, 0.3) is 0 Å². The number of halogens is 1. The molecule has 0 amide bonds. The predicted molar refractivity (Wildman–Crippen MR) is 85.2 cm³/mol. The van der Waals surface area contributed by atoms with Crippen LogP contribution in [0.3, 0.4) is 0 Å². The zero-order chi connectivity index (χ0) is 13.9. The molecule has 2 atom stereocenters. The fraction of sp³-hybridized carbons (Fsp3) is 0.333. The molecule has 2 aromatic carbocycles. The van der Waals surface area contributed by atoms with E-state index in [1.165, 1.54) is 29.5 Å². The highest BCUT2D eigenvalue weighted by atomic mass is 35.5. The van der Waals surface area contributed by atoms with Crippen LogP contribution in [0.2, 0.25) is 5.02 Å². The average molecular weight is 286 g/mol. The lowest BCUT2D eigenvalue weighted by atomic mass is 9.77. The summed E-state index contributed by atoms with van der Waals surface area (Å²) in [7, 11) is 2.06. The Balaban J connectivity index is 1.87. The Kier molecular flexibility index (Phi) is 4.09. The van der Waals surface area contributed by atoms with Crippen molar-refractivity contribution in [1.82, 2.24) is 5.32 Å². The standard InChI is InChI=1S/C18H20ClN/c1-20-18-15(12-14-7-3-5-9-17(14)19)11-10-13-6-2-4-8-16(13)18/h2-9,15,18,20H,10-12H2,1H3. The van der Waals surface area contributed by atoms with Crippen LogP contribution in [0.5, 0.6) is 0 Å². The molecule has 1 aliphatic rings. The Labute approximate surface area is 126 Å². The molecule has 0 aliphatic heterocycles. The predicted octanol–water partition coefficient (Wildman–Crippen LogP) is 4.41. The molecule has 1 N–H and O–H groups in total. The molecular weight excluding hydrogens is 266 g/mol. The van der Waals surface area contributed by atoms with Crippen LogP contribution in [-0.4, -0.2) is 7.05 Å². The summed E-state index contributed by atoms with van der Waals surface area (Å²) in [5.74, 6) is 0.606. The van der Waals surface area contributed by atoms with Gasteiger partial charge in [0.05, 0.1) is 0 Å². The van der Waals surface area contributed by atoms with E-state index in [-0.39, 0.29) is 0 Å². The minimum atomic E-state index is 0.427. The average Bonchev–Trinajstić information content (AvgIpc) is 2.49. The van der Waals surface area contributed by atoms with Crippen LogP contribution in [0, 0.1) is 5.92 Å². The number of nitrogens with one attached hydrogen (secondary N) is 1. The molecule has 20 heavy (non-hydrogen) atoms. The largest absolute Gasteiger partial charge is 0.313 e. The molecule has 0 saturated carbocycles. The second kappa shape index (κ2) is 5.99. The molecule has 0 spiro atoms. The fourth-order valence-corrected chi connectivity index (χ4v) is 3.60. The van der Waals surface area contributed by atoms with Crippen LogP contribution in [-0.2, 0) is 12.8 Å². The molecule has 0 radical (unpaired) electrons. The van der Waals surface area contributed by atoms with Crippen molar-refractivity contribution in [3.05, 3.63) is 70.2 Å². The quantitative estimate of drug-likeness (QED) is 0.881. The Hall–Kier alpha value is -1.31. The maximum atomic E-state index is 6.31. The van der Waals surface area contributed by atoms with Crippen LogP contribution < -0.4 is 5.32 Å². The summed E-state index contributed by atoms with van der Waals surface area (Å²) in [4.78, 5) is 0. The molecule has 0 heterocycles. The number of hydrogen-bond acceptors (Lipinski definition) is 1. The van der Waals surface area contributed by atoms with Gasteiger partial charge in [-0.1, -0.05) is 54.1 Å². The Morgan fingerprint density at radius 1 is 1.10 bits per heavy atom. The zero-order valence-corrected chi connectivity index (χ0v) is 12.5. The van der Waals surface area contributed by atoms with Crippen molar-refractivity contribution in [2.75, 3.05) is 7.05 Å². The van der Waals surface area contributed by atoms with E-state index >= 15 is 0 Å². The van der Waals surface area contributed by atoms with Gasteiger partial charge in [0.1, 0.15) is 0 Å². The van der Waals surface area contributed by atoms with Crippen LogP contribution in [0.15, 0.2) is 48.5 Å². The number of benzene rings is 2. The highest BCUT2D eigenvalue weighted by Crippen LogP contribution is 2.36. The van der Waals surface area contributed by atoms with Gasteiger partial charge in [-0.2, -0.15) is 0 Å². The van der Waals surface area contributed by atoms with Crippen LogP contribution in [0.1, 0.15) is 29.2 Å². The highest BCUT2D eigenvalue weighted by molar-refractivity contribution is 6.31. The van der Waals surface area contributed by atoms with Gasteiger partial charge < -0.3 is 5.32 Å². The third-order valence-corrected chi connectivity index (χ3v) is 4.77. The molecule has 1 aliphatic carbocycles. The topological polar surface area (TPSA) is 12.0 Å². The summed E-state index contributed by atoms with van der Waals surface area (Å²) in [5, 5.41) is 4.40. The highest BCUT2D eigenvalue weighted by Gasteiger charge is 2.28. The first-order valence-corrected chi connectivity index (χ1v) is 7.66. The van der Waals surface area contributed by atoms with Crippen LogP contribution in [0.25, 0.3) is 0 Å². The summed E-state index contributed by atoms with van der Waals surface area (Å²) in [5.41, 5.74) is 4.21. The molecular formula is C18H20ClN. The molecule has 0 saturated heterocycles. The summed E-state index contributed by atoms with van der Waals surface area (Å²) in [6.45, 7) is 0. The molecule has 104 valence electrons. The fourth-order valence-electron chi connectivity index (χ4n) is 3.38. The normalized spacial score (nSPS) is 21.5. The minimum absolute atomic E-state index is 0.427. The molecule has 0 bridgehead atoms. The lowest BCUT2D eigenvalue weighted by Gasteiger charge is -2.33. The summed E-state index contributed by atoms with van der Waals surface area (Å²) >= 11 is 6.31. The van der Waals surface area contributed by atoms with Crippen molar-refractivity contribution in [1.29, 1.82) is 0 Å². The first kappa shape index (κ1) is 13.7. The lowest BCUT2D eigenvalue weighted by molar-refractivity contribution is 0.335. The van der Waals surface area contributed by atoms with E-state index in [9.17, 15) is 0 Å². The number of rotatable bonds is 3. The minimum Gasteiger partial charge on any atom is -0.313 e. The van der Waals surface area contributed by atoms with Gasteiger partial charge in [-0.3, -0.25) is 0 Å². The van der Waals surface area contributed by atoms with Crippen LogP contribution >= 0.6 is 11.6 Å². The van der Waals surface area contributed by atoms with Crippen LogP contribution in [0.4, 0.5) is 0 Å². The summed E-state index contributed by atoms with van der Waals surface area (Å²) < 4.78 is 0. The monoisotopic (exact) mass is 285 g/mol. The van der Waals surface area contributed by atoms with Gasteiger partial charge in [-0.05, 0) is 55.0 Å². The van der Waals surface area contributed by atoms with Crippen molar-refractivity contribution in [2.24, 2.45) is 5.92 Å². The van der Waals surface area contributed by atoms with Crippen molar-refractivity contribution in [2.45, 2.75) is 25.3 Å². The van der Waals surface area contributed by atoms with Gasteiger partial charge >= 0.3 is 0 Å². The molecule has 2 unspecified atom stereocenters. The van der Waals surface area contributed by atoms with Gasteiger partial charge in [-0.25, -0.2) is 0 Å². The first-order chi connectivity index (χ1) is 9.79. The van der Waals surface area contributed by atoms with Crippen molar-refractivity contribution in [3.63, 3.8) is 0 Å². The van der Waals surface area contributed by atoms with E-state index in [0.29, 0.717) is 12.0 Å². The molecule has 0 aromatic heterocycles. The van der Waals surface area contributed by atoms with Crippen molar-refractivity contribution < 1.29 is 0 Å². The van der Waals surface area contributed by atoms with Crippen molar-refractivity contribution >= 4 is 11.6 Å². The van der Waals surface area contributed by atoms with E-state index in [0.717, 1.165) is 11.4 Å². The molecule has 0 fully saturated rings. The van der Waals surface area contributed by atoms with Gasteiger partial charge in [-0.15, -0.1) is 0 Å². The van der Waals surface area contributed by atoms with E-state index in [1.807, 2.05) is 12.1 Å². The number of fused-ring (bicyclic) bond motifs is 1. The van der Waals surface area contributed by atoms with E-state index in [4.69, 9.17) is 11.6 Å². The molecule has 3 rings (SSSR count). The maximum absolute atomic E-state index is 6.31. The van der Waals surface area contributed by atoms with Crippen molar-refractivity contribution in [3.8, 4) is 0 Å². The number of hydrogen-bond donors (Lipinski definition) is 1. The SMILES string of the molecule is CNC1c2ccccc2CCC1Cc1ccccc1Cl. The van der Waals surface area contributed by atoms with E-state index in [1.54, 1.807) is 0 Å². The van der Waals surface area contributed by atoms with Gasteiger partial charge in [0, 0.05) is 11.1 Å². The molecule has 2 heteroatoms. The lowest BCUT2D eigenvalue weighted by Crippen LogP contribution is -2.31. The first-order valence-electron chi connectivity index (χ1n) is 7.28. The summed E-state index contributed by atoms with van der Waals surface area (Å²) in [6, 6.07) is 17.4. The third-order valence-electron chi connectivity index (χ3n) is 4.40. The Morgan fingerprint density at radius 2 is 1.85 bits per heavy atom. The summed E-state index contributed by atoms with van der Waals surface area (Å²) in [6.07, 6.45) is 3.43. The number of aryl methyl sites for hydroxylation is 1. The van der Waals surface area contributed by atoms with Gasteiger partial charge in [0.15, 0.2) is 0 Å². The zero-order valence-electron chi connectivity index (χ0n) is 11.8. The Bertz CT molecular complexity index is 593. The Morgan fingerprint density at radius 3 is 2.65 bits per heavy atom. The second-order valence-corrected chi connectivity index (χ2v) is 5.97.